The van der Waals surface area contributed by atoms with E-state index in [-0.39, 0.29) is 10.5 Å². The number of carbonyl (C=O) groups excluding carboxylic acids is 1. The molecule has 3 rings (SSSR count). The summed E-state index contributed by atoms with van der Waals surface area (Å²) >= 11 is 1.34. The van der Waals surface area contributed by atoms with Crippen molar-refractivity contribution in [2.24, 2.45) is 0 Å². The predicted molar refractivity (Wildman–Crippen MR) is 110 cm³/mol. The van der Waals surface area contributed by atoms with Crippen molar-refractivity contribution in [3.63, 3.8) is 0 Å². The minimum atomic E-state index is -3.92. The molecule has 0 fully saturated rings. The van der Waals surface area contributed by atoms with Crippen LogP contribution in [0.5, 0.6) is 5.75 Å². The number of thiazole rings is 1. The zero-order valence-electron chi connectivity index (χ0n) is 15.5. The number of rotatable bonds is 6. The first-order valence-electron chi connectivity index (χ1n) is 8.30. The van der Waals surface area contributed by atoms with Crippen molar-refractivity contribution in [3.05, 3.63) is 64.7 Å². The molecule has 146 valence electrons. The number of ether oxygens (including phenoxy) is 1. The number of para-hydroxylation sites is 2. The first kappa shape index (κ1) is 19.8. The highest BCUT2D eigenvalue weighted by molar-refractivity contribution is 7.92. The Morgan fingerprint density at radius 1 is 1.14 bits per heavy atom. The summed E-state index contributed by atoms with van der Waals surface area (Å²) < 4.78 is 33.5. The number of hydrogen-bond acceptors (Lipinski definition) is 6. The van der Waals surface area contributed by atoms with Gasteiger partial charge < -0.3 is 4.74 Å². The van der Waals surface area contributed by atoms with Gasteiger partial charge in [-0.1, -0.05) is 18.2 Å². The Balaban J connectivity index is 1.90. The van der Waals surface area contributed by atoms with E-state index in [2.05, 4.69) is 15.0 Å². The fourth-order valence-corrected chi connectivity index (χ4v) is 4.54. The summed E-state index contributed by atoms with van der Waals surface area (Å²) in [6.07, 6.45) is 1.66. The molecule has 1 aromatic heterocycles. The minimum absolute atomic E-state index is 0.0152. The maximum atomic E-state index is 12.9. The van der Waals surface area contributed by atoms with Gasteiger partial charge in [-0.3, -0.25) is 14.8 Å². The lowest BCUT2D eigenvalue weighted by Gasteiger charge is -2.14. The molecule has 0 saturated heterocycles. The van der Waals surface area contributed by atoms with Gasteiger partial charge in [0.25, 0.3) is 15.9 Å². The molecular formula is C19H19N3O4S2. The number of anilines is 2. The third kappa shape index (κ3) is 4.32. The number of carbonyl (C=O) groups is 1. The van der Waals surface area contributed by atoms with Crippen LogP contribution in [-0.4, -0.2) is 26.4 Å². The summed E-state index contributed by atoms with van der Waals surface area (Å²) in [7, 11) is -2.46. The molecule has 0 spiro atoms. The number of sulfonamides is 1. The molecule has 2 aromatic carbocycles. The summed E-state index contributed by atoms with van der Waals surface area (Å²) in [5.74, 6) is -0.0279. The second kappa shape index (κ2) is 7.99. The van der Waals surface area contributed by atoms with Crippen molar-refractivity contribution in [1.82, 2.24) is 4.98 Å². The van der Waals surface area contributed by atoms with E-state index in [9.17, 15) is 13.2 Å². The molecule has 0 aliphatic rings. The lowest BCUT2D eigenvalue weighted by atomic mass is 10.1. The van der Waals surface area contributed by atoms with E-state index in [1.165, 1.54) is 24.5 Å². The van der Waals surface area contributed by atoms with Gasteiger partial charge in [0, 0.05) is 16.6 Å². The van der Waals surface area contributed by atoms with Gasteiger partial charge in [0.15, 0.2) is 5.13 Å². The summed E-state index contributed by atoms with van der Waals surface area (Å²) in [5, 5.41) is 3.14. The second-order valence-electron chi connectivity index (χ2n) is 6.02. The van der Waals surface area contributed by atoms with Gasteiger partial charge in [0.05, 0.1) is 17.7 Å². The minimum Gasteiger partial charge on any atom is -0.495 e. The Bertz CT molecular complexity index is 1120. The van der Waals surface area contributed by atoms with E-state index in [0.29, 0.717) is 22.1 Å². The van der Waals surface area contributed by atoms with Gasteiger partial charge >= 0.3 is 0 Å². The molecule has 2 N–H and O–H groups in total. The summed E-state index contributed by atoms with van der Waals surface area (Å²) in [6.45, 7) is 3.55. The average molecular weight is 418 g/mol. The highest BCUT2D eigenvalue weighted by atomic mass is 32.2. The van der Waals surface area contributed by atoms with E-state index in [0.717, 1.165) is 4.88 Å². The molecule has 1 amide bonds. The van der Waals surface area contributed by atoms with Crippen LogP contribution in [0.4, 0.5) is 10.8 Å². The number of methoxy groups -OCH3 is 1. The van der Waals surface area contributed by atoms with Crippen LogP contribution < -0.4 is 14.8 Å². The first-order chi connectivity index (χ1) is 13.3. The van der Waals surface area contributed by atoms with Crippen LogP contribution in [0.25, 0.3) is 0 Å². The Kier molecular flexibility index (Phi) is 5.66. The van der Waals surface area contributed by atoms with Gasteiger partial charge in [-0.25, -0.2) is 13.4 Å². The van der Waals surface area contributed by atoms with Crippen LogP contribution in [0, 0.1) is 13.8 Å². The van der Waals surface area contributed by atoms with Crippen molar-refractivity contribution >= 4 is 38.1 Å². The van der Waals surface area contributed by atoms with Crippen LogP contribution in [0.2, 0.25) is 0 Å². The van der Waals surface area contributed by atoms with Crippen molar-refractivity contribution in [2.45, 2.75) is 18.7 Å². The third-order valence-electron chi connectivity index (χ3n) is 3.93. The third-order valence-corrected chi connectivity index (χ3v) is 6.27. The standard InChI is InChI=1S/C19H19N3O4S2/c1-12-8-9-14(18(23)21-19-20-11-13(2)27-19)10-17(12)28(24,25)22-15-6-4-5-7-16(15)26-3/h4-11,22H,1-3H3,(H,20,21,23). The predicted octanol–water partition coefficient (Wildman–Crippen LogP) is 3.82. The zero-order chi connectivity index (χ0) is 20.3. The maximum absolute atomic E-state index is 12.9. The van der Waals surface area contributed by atoms with Gasteiger partial charge in [0.2, 0.25) is 0 Å². The number of nitrogens with zero attached hydrogens (tertiary/aromatic N) is 1. The fourth-order valence-electron chi connectivity index (χ4n) is 2.54. The van der Waals surface area contributed by atoms with E-state index in [4.69, 9.17) is 4.74 Å². The van der Waals surface area contributed by atoms with Gasteiger partial charge in [-0.2, -0.15) is 0 Å². The van der Waals surface area contributed by atoms with Crippen LogP contribution in [0.15, 0.2) is 53.6 Å². The molecule has 0 bridgehead atoms. The summed E-state index contributed by atoms with van der Waals surface area (Å²) in [5.41, 5.74) is 1.06. The van der Waals surface area contributed by atoms with Crippen LogP contribution in [-0.2, 0) is 10.0 Å². The van der Waals surface area contributed by atoms with E-state index in [1.54, 1.807) is 49.5 Å². The number of aromatic nitrogens is 1. The van der Waals surface area contributed by atoms with Gasteiger partial charge in [0.1, 0.15) is 5.75 Å². The molecule has 3 aromatic rings. The molecule has 0 saturated carbocycles. The number of nitrogens with one attached hydrogen (secondary N) is 2. The maximum Gasteiger partial charge on any atom is 0.262 e. The van der Waals surface area contributed by atoms with E-state index >= 15 is 0 Å². The molecular weight excluding hydrogens is 398 g/mol. The Labute approximate surface area is 167 Å². The molecule has 0 atom stereocenters. The topological polar surface area (TPSA) is 97.4 Å². The van der Waals surface area contributed by atoms with Crippen LogP contribution in [0.3, 0.4) is 0 Å². The number of benzene rings is 2. The van der Waals surface area contributed by atoms with Crippen LogP contribution >= 0.6 is 11.3 Å². The summed E-state index contributed by atoms with van der Waals surface area (Å²) in [4.78, 5) is 17.6. The van der Waals surface area contributed by atoms with Crippen molar-refractivity contribution in [2.75, 3.05) is 17.1 Å². The lowest BCUT2D eigenvalue weighted by molar-refractivity contribution is 0.102. The zero-order valence-corrected chi connectivity index (χ0v) is 17.1. The molecule has 28 heavy (non-hydrogen) atoms. The smallest absolute Gasteiger partial charge is 0.262 e. The largest absolute Gasteiger partial charge is 0.495 e. The fraction of sp³-hybridized carbons (Fsp3) is 0.158. The SMILES string of the molecule is COc1ccccc1NS(=O)(=O)c1cc(C(=O)Nc2ncc(C)s2)ccc1C. The van der Waals surface area contributed by atoms with Crippen LogP contribution in [0.1, 0.15) is 20.8 Å². The average Bonchev–Trinajstić information content (AvgIpc) is 3.06. The normalized spacial score (nSPS) is 11.1. The highest BCUT2D eigenvalue weighted by Gasteiger charge is 2.21. The number of aryl methyl sites for hydroxylation is 2. The molecule has 0 radical (unpaired) electrons. The Morgan fingerprint density at radius 3 is 2.57 bits per heavy atom. The van der Waals surface area contributed by atoms with E-state index < -0.39 is 15.9 Å². The van der Waals surface area contributed by atoms with Crippen molar-refractivity contribution < 1.29 is 17.9 Å². The number of amides is 1. The molecule has 0 aliphatic carbocycles. The van der Waals surface area contributed by atoms with Crippen molar-refractivity contribution in [1.29, 1.82) is 0 Å². The van der Waals surface area contributed by atoms with Gasteiger partial charge in [-0.05, 0) is 43.7 Å². The Hall–Kier alpha value is -2.91. The summed E-state index contributed by atoms with van der Waals surface area (Å²) in [6, 6.07) is 11.2. The van der Waals surface area contributed by atoms with Crippen molar-refractivity contribution in [3.8, 4) is 5.75 Å². The number of hydrogen-bond donors (Lipinski definition) is 2. The molecule has 7 nitrogen and oxygen atoms in total. The molecule has 0 aliphatic heterocycles. The molecule has 9 heteroatoms. The first-order valence-corrected chi connectivity index (χ1v) is 10.6. The highest BCUT2D eigenvalue weighted by Crippen LogP contribution is 2.28. The monoisotopic (exact) mass is 417 g/mol. The molecule has 0 unspecified atom stereocenters. The Morgan fingerprint density at radius 2 is 1.89 bits per heavy atom. The van der Waals surface area contributed by atoms with Gasteiger partial charge in [-0.15, -0.1) is 11.3 Å². The van der Waals surface area contributed by atoms with E-state index in [1.807, 2.05) is 6.92 Å². The second-order valence-corrected chi connectivity index (χ2v) is 8.90. The lowest BCUT2D eigenvalue weighted by Crippen LogP contribution is -2.17. The quantitative estimate of drug-likeness (QED) is 0.635. The molecule has 1 heterocycles.